The first kappa shape index (κ1) is 21.4. The third-order valence-corrected chi connectivity index (χ3v) is 3.89. The van der Waals surface area contributed by atoms with Crippen molar-refractivity contribution in [3.8, 4) is 11.5 Å². The molecule has 28 heavy (non-hydrogen) atoms. The van der Waals surface area contributed by atoms with Gasteiger partial charge in [0.05, 0.1) is 13.2 Å². The van der Waals surface area contributed by atoms with E-state index in [4.69, 9.17) is 9.47 Å². The highest BCUT2D eigenvalue weighted by Gasteiger charge is 2.04. The Morgan fingerprint density at radius 3 is 2.11 bits per heavy atom. The first-order valence-electron chi connectivity index (χ1n) is 9.56. The molecule has 0 atom stereocenters. The van der Waals surface area contributed by atoms with E-state index in [2.05, 4.69) is 31.1 Å². The molecule has 0 saturated carbocycles. The van der Waals surface area contributed by atoms with Gasteiger partial charge in [0.15, 0.2) is 0 Å². The number of hydrogen-bond acceptors (Lipinski definition) is 4. The lowest BCUT2D eigenvalue weighted by atomic mass is 10.1. The molecule has 150 valence electrons. The van der Waals surface area contributed by atoms with Crippen LogP contribution in [0.15, 0.2) is 60.7 Å². The Hall–Kier alpha value is -2.95. The van der Waals surface area contributed by atoms with Gasteiger partial charge in [-0.3, -0.25) is 4.79 Å². The molecule has 2 aromatic rings. The molecule has 0 unspecified atom stereocenters. The number of carbonyl (C=O) groups is 1. The van der Waals surface area contributed by atoms with E-state index in [1.807, 2.05) is 55.5 Å². The fraction of sp³-hybridized carbons (Fsp3) is 0.348. The molecule has 5 nitrogen and oxygen atoms in total. The van der Waals surface area contributed by atoms with Crippen molar-refractivity contribution in [3.63, 3.8) is 0 Å². The molecular formula is C23H30N2O3. The van der Waals surface area contributed by atoms with Gasteiger partial charge in [0.25, 0.3) is 0 Å². The van der Waals surface area contributed by atoms with Gasteiger partial charge in [0, 0.05) is 11.4 Å². The monoisotopic (exact) mass is 382 g/mol. The minimum absolute atomic E-state index is 0.115. The number of carbonyl (C=O) groups excluding carboxylic acids is 1. The van der Waals surface area contributed by atoms with Crippen molar-refractivity contribution in [2.75, 3.05) is 30.4 Å². The smallest absolute Gasteiger partial charge is 0.243 e. The van der Waals surface area contributed by atoms with Gasteiger partial charge in [-0.15, -0.1) is 0 Å². The third kappa shape index (κ3) is 8.16. The molecule has 0 aromatic heterocycles. The highest BCUT2D eigenvalue weighted by atomic mass is 16.5. The number of anilines is 2. The normalized spacial score (nSPS) is 10.4. The molecule has 5 heteroatoms. The van der Waals surface area contributed by atoms with Crippen molar-refractivity contribution in [3.05, 3.63) is 60.7 Å². The summed E-state index contributed by atoms with van der Waals surface area (Å²) < 4.78 is 11.2. The van der Waals surface area contributed by atoms with Crippen LogP contribution in [-0.2, 0) is 4.79 Å². The van der Waals surface area contributed by atoms with E-state index in [9.17, 15) is 4.79 Å². The van der Waals surface area contributed by atoms with Crippen LogP contribution in [0.5, 0.6) is 11.5 Å². The Kier molecular flexibility index (Phi) is 8.40. The quantitative estimate of drug-likeness (QED) is 0.530. The molecule has 0 fully saturated rings. The van der Waals surface area contributed by atoms with Crippen LogP contribution in [-0.4, -0.2) is 25.7 Å². The van der Waals surface area contributed by atoms with E-state index in [0.717, 1.165) is 34.9 Å². The molecule has 0 radical (unpaired) electrons. The summed E-state index contributed by atoms with van der Waals surface area (Å²) in [6.07, 6.45) is 1.02. The zero-order chi connectivity index (χ0) is 20.4. The standard InChI is InChI=1S/C23H30N2O3/c1-17(2)13-14-27-21-11-7-20(8-12-21)25-23(26)15-24-19-5-9-22(10-6-19)28-16-18(3)4/h5-12,17,24H,3,13-16H2,1-2,4H3,(H,25,26). The summed E-state index contributed by atoms with van der Waals surface area (Å²) in [5, 5.41) is 5.96. The molecule has 1 amide bonds. The van der Waals surface area contributed by atoms with Crippen molar-refractivity contribution in [2.45, 2.75) is 27.2 Å². The van der Waals surface area contributed by atoms with Crippen LogP contribution in [0.1, 0.15) is 27.2 Å². The average Bonchev–Trinajstić information content (AvgIpc) is 2.66. The second-order valence-corrected chi connectivity index (χ2v) is 7.23. The van der Waals surface area contributed by atoms with Crippen LogP contribution in [0.3, 0.4) is 0 Å². The molecule has 0 spiro atoms. The Labute approximate surface area is 167 Å². The van der Waals surface area contributed by atoms with Crippen LogP contribution in [0, 0.1) is 5.92 Å². The van der Waals surface area contributed by atoms with Crippen molar-refractivity contribution in [1.82, 2.24) is 0 Å². The molecule has 2 N–H and O–H groups in total. The highest BCUT2D eigenvalue weighted by Crippen LogP contribution is 2.18. The van der Waals surface area contributed by atoms with E-state index in [1.54, 1.807) is 0 Å². The maximum atomic E-state index is 12.1. The Morgan fingerprint density at radius 2 is 1.54 bits per heavy atom. The van der Waals surface area contributed by atoms with Crippen LogP contribution in [0.2, 0.25) is 0 Å². The maximum absolute atomic E-state index is 12.1. The van der Waals surface area contributed by atoms with Gasteiger partial charge in [-0.1, -0.05) is 20.4 Å². The molecule has 0 saturated heterocycles. The zero-order valence-corrected chi connectivity index (χ0v) is 17.0. The number of rotatable bonds is 11. The van der Waals surface area contributed by atoms with E-state index < -0.39 is 0 Å². The molecule has 0 heterocycles. The summed E-state index contributed by atoms with van der Waals surface area (Å²) in [4.78, 5) is 12.1. The third-order valence-electron chi connectivity index (χ3n) is 3.89. The summed E-state index contributed by atoms with van der Waals surface area (Å²) >= 11 is 0. The summed E-state index contributed by atoms with van der Waals surface area (Å²) in [6, 6.07) is 14.9. The lowest BCUT2D eigenvalue weighted by Gasteiger charge is -2.11. The second-order valence-electron chi connectivity index (χ2n) is 7.23. The second kappa shape index (κ2) is 11.0. The van der Waals surface area contributed by atoms with Crippen molar-refractivity contribution in [1.29, 1.82) is 0 Å². The molecule has 2 rings (SSSR count). The van der Waals surface area contributed by atoms with Gasteiger partial charge in [0.2, 0.25) is 5.91 Å². The summed E-state index contributed by atoms with van der Waals surface area (Å²) in [7, 11) is 0. The number of hydrogen-bond donors (Lipinski definition) is 2. The lowest BCUT2D eigenvalue weighted by Crippen LogP contribution is -2.21. The molecule has 0 aliphatic rings. The minimum Gasteiger partial charge on any atom is -0.494 e. The highest BCUT2D eigenvalue weighted by molar-refractivity contribution is 5.93. The van der Waals surface area contributed by atoms with Gasteiger partial charge in [0.1, 0.15) is 18.1 Å². The SMILES string of the molecule is C=C(C)COc1ccc(NCC(=O)Nc2ccc(OCCC(C)C)cc2)cc1. The summed E-state index contributed by atoms with van der Waals surface area (Å²) in [5.41, 5.74) is 2.56. The van der Waals surface area contributed by atoms with Crippen molar-refractivity contribution < 1.29 is 14.3 Å². The van der Waals surface area contributed by atoms with E-state index in [1.165, 1.54) is 0 Å². The topological polar surface area (TPSA) is 59.6 Å². The van der Waals surface area contributed by atoms with E-state index in [0.29, 0.717) is 19.1 Å². The van der Waals surface area contributed by atoms with E-state index in [-0.39, 0.29) is 12.5 Å². The number of ether oxygens (including phenoxy) is 2. The van der Waals surface area contributed by atoms with Gasteiger partial charge in [-0.2, -0.15) is 0 Å². The Balaban J connectivity index is 1.73. The summed E-state index contributed by atoms with van der Waals surface area (Å²) in [5.74, 6) is 2.08. The van der Waals surface area contributed by atoms with Crippen LogP contribution in [0.25, 0.3) is 0 Å². The molecule has 0 aliphatic carbocycles. The zero-order valence-electron chi connectivity index (χ0n) is 17.0. The predicted octanol–water partition coefficient (Wildman–Crippen LogP) is 5.12. The van der Waals surface area contributed by atoms with Gasteiger partial charge in [-0.25, -0.2) is 0 Å². The number of benzene rings is 2. The molecule has 0 aliphatic heterocycles. The lowest BCUT2D eigenvalue weighted by molar-refractivity contribution is -0.114. The Bertz CT molecular complexity index is 752. The van der Waals surface area contributed by atoms with Crippen LogP contribution < -0.4 is 20.1 Å². The number of nitrogens with one attached hydrogen (secondary N) is 2. The maximum Gasteiger partial charge on any atom is 0.243 e. The number of amides is 1. The fourth-order valence-electron chi connectivity index (χ4n) is 2.31. The predicted molar refractivity (Wildman–Crippen MR) is 115 cm³/mol. The first-order valence-corrected chi connectivity index (χ1v) is 9.56. The average molecular weight is 383 g/mol. The van der Waals surface area contributed by atoms with E-state index >= 15 is 0 Å². The fourth-order valence-corrected chi connectivity index (χ4v) is 2.31. The molecule has 2 aromatic carbocycles. The van der Waals surface area contributed by atoms with Crippen LogP contribution >= 0.6 is 0 Å². The van der Waals surface area contributed by atoms with Gasteiger partial charge in [-0.05, 0) is 73.4 Å². The van der Waals surface area contributed by atoms with Crippen molar-refractivity contribution in [2.24, 2.45) is 5.92 Å². The molecular weight excluding hydrogens is 352 g/mol. The van der Waals surface area contributed by atoms with Gasteiger partial charge < -0.3 is 20.1 Å². The largest absolute Gasteiger partial charge is 0.494 e. The minimum atomic E-state index is -0.115. The summed E-state index contributed by atoms with van der Waals surface area (Å²) in [6.45, 7) is 11.4. The van der Waals surface area contributed by atoms with Crippen molar-refractivity contribution >= 4 is 17.3 Å². The molecule has 0 bridgehead atoms. The first-order chi connectivity index (χ1) is 13.4. The van der Waals surface area contributed by atoms with Crippen LogP contribution in [0.4, 0.5) is 11.4 Å². The van der Waals surface area contributed by atoms with Gasteiger partial charge >= 0.3 is 0 Å². The Morgan fingerprint density at radius 1 is 0.964 bits per heavy atom.